The maximum Gasteiger partial charge on any atom is 0.0708 e. The van der Waals surface area contributed by atoms with Gasteiger partial charge in [-0.3, -0.25) is 4.99 Å². The molecule has 0 fully saturated rings. The molecule has 0 aliphatic carbocycles. The molecule has 2 nitrogen and oxygen atoms in total. The van der Waals surface area contributed by atoms with E-state index >= 15 is 0 Å². The van der Waals surface area contributed by atoms with Gasteiger partial charge in [0, 0.05) is 23.0 Å². The average molecular weight is 322 g/mol. The quantitative estimate of drug-likeness (QED) is 0.436. The van der Waals surface area contributed by atoms with Crippen molar-refractivity contribution >= 4 is 34.0 Å². The number of aliphatic imine (C=N–C) groups is 1. The van der Waals surface area contributed by atoms with Crippen LogP contribution in [0.25, 0.3) is 10.8 Å². The first kappa shape index (κ1) is 15.2. The molecule has 0 aliphatic heterocycles. The predicted molar refractivity (Wildman–Crippen MR) is 107 cm³/mol. The number of rotatable bonds is 4. The first-order valence-electron chi connectivity index (χ1n) is 8.32. The van der Waals surface area contributed by atoms with E-state index < -0.39 is 0 Å². The van der Waals surface area contributed by atoms with E-state index in [0.29, 0.717) is 0 Å². The van der Waals surface area contributed by atoms with E-state index in [-0.39, 0.29) is 0 Å². The minimum absolute atomic E-state index is 0.990. The van der Waals surface area contributed by atoms with Crippen molar-refractivity contribution < 1.29 is 0 Å². The SMILES string of the molecule is C(=Nc1cccc2ccccc12)c1ccc(Nc2ccccc2)cc1. The summed E-state index contributed by atoms with van der Waals surface area (Å²) in [6.07, 6.45) is 1.91. The molecule has 0 saturated heterocycles. The standard InChI is InChI=1S/C23H18N2/c1-2-9-20(10-3-1)25-21-15-13-18(14-16-21)17-24-23-12-6-8-19-7-4-5-11-22(19)23/h1-17,25H. The third-order valence-corrected chi connectivity index (χ3v) is 4.09. The number of hydrogen-bond donors (Lipinski definition) is 1. The van der Waals surface area contributed by atoms with Gasteiger partial charge in [-0.1, -0.05) is 66.7 Å². The zero-order valence-corrected chi connectivity index (χ0v) is 13.8. The van der Waals surface area contributed by atoms with E-state index in [0.717, 1.165) is 22.6 Å². The molecule has 2 heteroatoms. The van der Waals surface area contributed by atoms with Gasteiger partial charge in [0.05, 0.1) is 5.69 Å². The Kier molecular flexibility index (Phi) is 4.25. The van der Waals surface area contributed by atoms with Gasteiger partial charge in [-0.05, 0) is 41.3 Å². The van der Waals surface area contributed by atoms with Gasteiger partial charge < -0.3 is 5.32 Å². The molecular weight excluding hydrogens is 304 g/mol. The summed E-state index contributed by atoms with van der Waals surface area (Å²) in [6, 6.07) is 32.9. The molecule has 0 spiro atoms. The van der Waals surface area contributed by atoms with Gasteiger partial charge in [0.15, 0.2) is 0 Å². The Balaban J connectivity index is 1.53. The average Bonchev–Trinajstić information content (AvgIpc) is 2.68. The predicted octanol–water partition coefficient (Wildman–Crippen LogP) is 6.33. The molecule has 0 amide bonds. The second-order valence-electron chi connectivity index (χ2n) is 5.87. The zero-order chi connectivity index (χ0) is 16.9. The van der Waals surface area contributed by atoms with Crippen LogP contribution in [0.2, 0.25) is 0 Å². The smallest absolute Gasteiger partial charge is 0.0708 e. The van der Waals surface area contributed by atoms with Crippen LogP contribution in [-0.2, 0) is 0 Å². The van der Waals surface area contributed by atoms with Crippen molar-refractivity contribution in [3.63, 3.8) is 0 Å². The molecule has 1 N–H and O–H groups in total. The van der Waals surface area contributed by atoms with Crippen LogP contribution in [0.4, 0.5) is 17.1 Å². The van der Waals surface area contributed by atoms with Crippen LogP contribution in [0, 0.1) is 0 Å². The van der Waals surface area contributed by atoms with Gasteiger partial charge >= 0.3 is 0 Å². The van der Waals surface area contributed by atoms with Crippen LogP contribution < -0.4 is 5.32 Å². The van der Waals surface area contributed by atoms with Crippen molar-refractivity contribution in [3.05, 3.63) is 103 Å². The fourth-order valence-electron chi connectivity index (χ4n) is 2.81. The Morgan fingerprint density at radius 1 is 0.600 bits per heavy atom. The van der Waals surface area contributed by atoms with E-state index in [1.54, 1.807) is 0 Å². The molecule has 0 saturated carbocycles. The Morgan fingerprint density at radius 2 is 1.28 bits per heavy atom. The van der Waals surface area contributed by atoms with Crippen LogP contribution >= 0.6 is 0 Å². The topological polar surface area (TPSA) is 24.4 Å². The monoisotopic (exact) mass is 322 g/mol. The van der Waals surface area contributed by atoms with E-state index in [1.165, 1.54) is 10.8 Å². The van der Waals surface area contributed by atoms with Gasteiger partial charge in [0.25, 0.3) is 0 Å². The van der Waals surface area contributed by atoms with Gasteiger partial charge in [0.1, 0.15) is 0 Å². The summed E-state index contributed by atoms with van der Waals surface area (Å²) in [5.74, 6) is 0. The summed E-state index contributed by atoms with van der Waals surface area (Å²) in [5, 5.41) is 5.76. The minimum Gasteiger partial charge on any atom is -0.356 e. The fraction of sp³-hybridized carbons (Fsp3) is 0. The number of benzene rings is 4. The molecule has 4 aromatic carbocycles. The molecule has 25 heavy (non-hydrogen) atoms. The third kappa shape index (κ3) is 3.59. The molecule has 0 aromatic heterocycles. The highest BCUT2D eigenvalue weighted by Crippen LogP contribution is 2.25. The van der Waals surface area contributed by atoms with Crippen LogP contribution in [-0.4, -0.2) is 6.21 Å². The summed E-state index contributed by atoms with van der Waals surface area (Å²) in [5.41, 5.74) is 4.21. The van der Waals surface area contributed by atoms with E-state index in [2.05, 4.69) is 64.9 Å². The molecule has 0 unspecified atom stereocenters. The summed E-state index contributed by atoms with van der Waals surface area (Å²) in [7, 11) is 0. The van der Waals surface area contributed by atoms with Gasteiger partial charge in [0.2, 0.25) is 0 Å². The van der Waals surface area contributed by atoms with Crippen LogP contribution in [0.15, 0.2) is 102 Å². The summed E-state index contributed by atoms with van der Waals surface area (Å²) >= 11 is 0. The normalized spacial score (nSPS) is 11.0. The number of para-hydroxylation sites is 1. The third-order valence-electron chi connectivity index (χ3n) is 4.09. The number of anilines is 2. The van der Waals surface area contributed by atoms with Crippen molar-refractivity contribution in [1.82, 2.24) is 0 Å². The summed E-state index contributed by atoms with van der Waals surface area (Å²) in [4.78, 5) is 4.67. The number of fused-ring (bicyclic) bond motifs is 1. The lowest BCUT2D eigenvalue weighted by Gasteiger charge is -2.06. The number of nitrogens with zero attached hydrogens (tertiary/aromatic N) is 1. The van der Waals surface area contributed by atoms with E-state index in [9.17, 15) is 0 Å². The molecule has 4 aromatic rings. The lowest BCUT2D eigenvalue weighted by Crippen LogP contribution is -1.90. The van der Waals surface area contributed by atoms with Crippen molar-refractivity contribution in [2.75, 3.05) is 5.32 Å². The Bertz CT molecular complexity index is 998. The highest BCUT2D eigenvalue weighted by Gasteiger charge is 1.98. The number of hydrogen-bond acceptors (Lipinski definition) is 2. The lowest BCUT2D eigenvalue weighted by molar-refractivity contribution is 1.53. The highest BCUT2D eigenvalue weighted by molar-refractivity contribution is 5.95. The summed E-state index contributed by atoms with van der Waals surface area (Å²) < 4.78 is 0. The maximum atomic E-state index is 4.67. The fourth-order valence-corrected chi connectivity index (χ4v) is 2.81. The molecule has 0 bridgehead atoms. The molecule has 4 rings (SSSR count). The lowest BCUT2D eigenvalue weighted by atomic mass is 10.1. The molecule has 0 radical (unpaired) electrons. The van der Waals surface area contributed by atoms with Gasteiger partial charge in [-0.25, -0.2) is 0 Å². The highest BCUT2D eigenvalue weighted by atomic mass is 14.9. The van der Waals surface area contributed by atoms with Gasteiger partial charge in [-0.15, -0.1) is 0 Å². The van der Waals surface area contributed by atoms with Crippen molar-refractivity contribution in [2.45, 2.75) is 0 Å². The largest absolute Gasteiger partial charge is 0.356 e. The minimum atomic E-state index is 0.990. The first-order valence-corrected chi connectivity index (χ1v) is 8.32. The molecule has 0 atom stereocenters. The summed E-state index contributed by atoms with van der Waals surface area (Å²) in [6.45, 7) is 0. The van der Waals surface area contributed by atoms with Crippen LogP contribution in [0.1, 0.15) is 5.56 Å². The van der Waals surface area contributed by atoms with Crippen LogP contribution in [0.5, 0.6) is 0 Å². The van der Waals surface area contributed by atoms with Crippen molar-refractivity contribution in [1.29, 1.82) is 0 Å². The van der Waals surface area contributed by atoms with E-state index in [4.69, 9.17) is 0 Å². The van der Waals surface area contributed by atoms with Crippen molar-refractivity contribution in [2.24, 2.45) is 4.99 Å². The molecule has 0 heterocycles. The molecule has 0 aliphatic rings. The molecule has 120 valence electrons. The second-order valence-corrected chi connectivity index (χ2v) is 5.87. The maximum absolute atomic E-state index is 4.67. The van der Waals surface area contributed by atoms with Gasteiger partial charge in [-0.2, -0.15) is 0 Å². The zero-order valence-electron chi connectivity index (χ0n) is 13.8. The number of nitrogens with one attached hydrogen (secondary N) is 1. The Labute approximate surface area is 147 Å². The van der Waals surface area contributed by atoms with E-state index in [1.807, 2.05) is 48.7 Å². The van der Waals surface area contributed by atoms with Crippen molar-refractivity contribution in [3.8, 4) is 0 Å². The first-order chi connectivity index (χ1) is 12.4. The Morgan fingerprint density at radius 3 is 2.12 bits per heavy atom. The second kappa shape index (κ2) is 7.02. The van der Waals surface area contributed by atoms with Crippen LogP contribution in [0.3, 0.4) is 0 Å². The Hall–Kier alpha value is -3.39. The molecular formula is C23H18N2.